The number of amides is 2. The molecular formula is C23H26N4O4. The fraction of sp³-hybridized carbons (Fsp3) is 0.261. The summed E-state index contributed by atoms with van der Waals surface area (Å²) in [4.78, 5) is 25.6. The zero-order valence-corrected chi connectivity index (χ0v) is 18.1. The number of benzene rings is 2. The second-order valence-corrected chi connectivity index (χ2v) is 7.18. The number of methoxy groups -OCH3 is 1. The molecule has 8 heteroatoms. The summed E-state index contributed by atoms with van der Waals surface area (Å²) in [6.07, 6.45) is 0. The Bertz CT molecular complexity index is 1090. The average Bonchev–Trinajstić information content (AvgIpc) is 3.05. The lowest BCUT2D eigenvalue weighted by atomic mass is 10.1. The molecule has 1 heterocycles. The summed E-state index contributed by atoms with van der Waals surface area (Å²) in [5, 5.41) is 4.64. The third-order valence-corrected chi connectivity index (χ3v) is 4.96. The molecule has 0 saturated heterocycles. The second kappa shape index (κ2) is 9.34. The fourth-order valence-electron chi connectivity index (χ4n) is 3.32. The van der Waals surface area contributed by atoms with Gasteiger partial charge in [0.25, 0.3) is 11.8 Å². The van der Waals surface area contributed by atoms with Crippen LogP contribution in [0.3, 0.4) is 0 Å². The first-order valence-electron chi connectivity index (χ1n) is 9.77. The van der Waals surface area contributed by atoms with Crippen molar-refractivity contribution < 1.29 is 19.1 Å². The topological polar surface area (TPSA) is 99.7 Å². The zero-order chi connectivity index (χ0) is 22.5. The van der Waals surface area contributed by atoms with E-state index in [1.807, 2.05) is 48.9 Å². The summed E-state index contributed by atoms with van der Waals surface area (Å²) in [7, 11) is 3.21. The molecule has 3 rings (SSSR count). The highest BCUT2D eigenvalue weighted by Crippen LogP contribution is 2.29. The van der Waals surface area contributed by atoms with Crippen LogP contribution in [0, 0.1) is 13.8 Å². The molecule has 3 aromatic rings. The Hall–Kier alpha value is -3.81. The quantitative estimate of drug-likeness (QED) is 0.602. The smallest absolute Gasteiger partial charge is 0.255 e. The van der Waals surface area contributed by atoms with E-state index >= 15 is 0 Å². The van der Waals surface area contributed by atoms with Crippen molar-refractivity contribution in [2.45, 2.75) is 20.4 Å². The van der Waals surface area contributed by atoms with Crippen LogP contribution in [-0.4, -0.2) is 47.3 Å². The summed E-state index contributed by atoms with van der Waals surface area (Å²) in [5.41, 5.74) is 9.37. The van der Waals surface area contributed by atoms with Gasteiger partial charge in [-0.05, 0) is 44.2 Å². The summed E-state index contributed by atoms with van der Waals surface area (Å²) >= 11 is 0. The van der Waals surface area contributed by atoms with Gasteiger partial charge in [-0.3, -0.25) is 9.59 Å². The number of para-hydroxylation sites is 1. The number of aromatic nitrogens is 2. The van der Waals surface area contributed by atoms with Gasteiger partial charge in [-0.2, -0.15) is 5.10 Å². The molecule has 8 nitrogen and oxygen atoms in total. The zero-order valence-electron chi connectivity index (χ0n) is 18.1. The molecule has 2 N–H and O–H groups in total. The van der Waals surface area contributed by atoms with Gasteiger partial charge in [-0.25, -0.2) is 4.68 Å². The maximum absolute atomic E-state index is 13.0. The van der Waals surface area contributed by atoms with E-state index in [4.69, 9.17) is 15.2 Å². The van der Waals surface area contributed by atoms with Gasteiger partial charge in [-0.1, -0.05) is 18.2 Å². The molecule has 1 aromatic heterocycles. The number of nitrogens with two attached hydrogens (primary N) is 1. The van der Waals surface area contributed by atoms with Crippen molar-refractivity contribution in [3.05, 3.63) is 71.0 Å². The fourth-order valence-corrected chi connectivity index (χ4v) is 3.32. The molecule has 0 radical (unpaired) electrons. The number of aryl methyl sites for hydroxylation is 1. The van der Waals surface area contributed by atoms with Gasteiger partial charge in [0, 0.05) is 30.4 Å². The van der Waals surface area contributed by atoms with Crippen LogP contribution in [-0.2, 0) is 11.3 Å². The number of carbonyl (C=O) groups is 2. The Labute approximate surface area is 181 Å². The van der Waals surface area contributed by atoms with Gasteiger partial charge >= 0.3 is 0 Å². The Kier molecular flexibility index (Phi) is 6.59. The molecule has 0 atom stereocenters. The van der Waals surface area contributed by atoms with E-state index < -0.39 is 5.91 Å². The molecule has 0 saturated carbocycles. The molecule has 0 bridgehead atoms. The number of ether oxygens (including phenoxy) is 2. The third-order valence-electron chi connectivity index (χ3n) is 4.96. The molecule has 162 valence electrons. The molecule has 0 unspecified atom stereocenters. The Morgan fingerprint density at radius 1 is 1.10 bits per heavy atom. The van der Waals surface area contributed by atoms with Crippen molar-refractivity contribution in [1.29, 1.82) is 0 Å². The largest absolute Gasteiger partial charge is 0.493 e. The number of primary amides is 1. The van der Waals surface area contributed by atoms with E-state index in [1.54, 1.807) is 30.1 Å². The highest BCUT2D eigenvalue weighted by molar-refractivity contribution is 5.94. The standard InChI is InChI=1S/C23H26N4O4/c1-15-19(16(2)27(25-15)18-8-6-5-7-9-18)13-26(3)23(29)17-10-11-20(21(12-17)30-4)31-14-22(24)28/h5-12H,13-14H2,1-4H3,(H2,24,28). The van der Waals surface area contributed by atoms with E-state index in [0.717, 1.165) is 22.6 Å². The van der Waals surface area contributed by atoms with Crippen molar-refractivity contribution in [3.8, 4) is 17.2 Å². The minimum Gasteiger partial charge on any atom is -0.493 e. The van der Waals surface area contributed by atoms with Crippen LogP contribution in [0.25, 0.3) is 5.69 Å². The highest BCUT2D eigenvalue weighted by atomic mass is 16.5. The molecule has 0 spiro atoms. The molecule has 0 fully saturated rings. The van der Waals surface area contributed by atoms with Gasteiger partial charge < -0.3 is 20.1 Å². The van der Waals surface area contributed by atoms with Crippen LogP contribution in [0.2, 0.25) is 0 Å². The van der Waals surface area contributed by atoms with Crippen LogP contribution in [0.1, 0.15) is 27.3 Å². The minimum absolute atomic E-state index is 0.175. The molecule has 0 aliphatic rings. The lowest BCUT2D eigenvalue weighted by Gasteiger charge is -2.19. The van der Waals surface area contributed by atoms with Crippen LogP contribution in [0.15, 0.2) is 48.5 Å². The van der Waals surface area contributed by atoms with Gasteiger partial charge in [0.05, 0.1) is 18.5 Å². The van der Waals surface area contributed by atoms with Gasteiger partial charge in [0.2, 0.25) is 0 Å². The number of hydrogen-bond acceptors (Lipinski definition) is 5. The first-order chi connectivity index (χ1) is 14.8. The SMILES string of the molecule is COc1cc(C(=O)N(C)Cc2c(C)nn(-c3ccccc3)c2C)ccc1OCC(N)=O. The highest BCUT2D eigenvalue weighted by Gasteiger charge is 2.19. The lowest BCUT2D eigenvalue weighted by Crippen LogP contribution is -2.26. The van der Waals surface area contributed by atoms with E-state index in [2.05, 4.69) is 5.10 Å². The van der Waals surface area contributed by atoms with Crippen LogP contribution < -0.4 is 15.2 Å². The first-order valence-corrected chi connectivity index (χ1v) is 9.77. The van der Waals surface area contributed by atoms with E-state index in [9.17, 15) is 9.59 Å². The number of nitrogens with zero attached hydrogens (tertiary/aromatic N) is 3. The number of rotatable bonds is 8. The Balaban J connectivity index is 1.80. The normalized spacial score (nSPS) is 10.6. The van der Waals surface area contributed by atoms with E-state index in [-0.39, 0.29) is 12.5 Å². The predicted octanol–water partition coefficient (Wildman–Crippen LogP) is 2.63. The van der Waals surface area contributed by atoms with Gasteiger partial charge in [-0.15, -0.1) is 0 Å². The van der Waals surface area contributed by atoms with Crippen molar-refractivity contribution >= 4 is 11.8 Å². The maximum atomic E-state index is 13.0. The Morgan fingerprint density at radius 2 is 1.81 bits per heavy atom. The second-order valence-electron chi connectivity index (χ2n) is 7.18. The molecule has 0 aliphatic carbocycles. The lowest BCUT2D eigenvalue weighted by molar-refractivity contribution is -0.119. The third kappa shape index (κ3) is 4.85. The molecule has 31 heavy (non-hydrogen) atoms. The molecule has 2 aromatic carbocycles. The number of carbonyl (C=O) groups excluding carboxylic acids is 2. The average molecular weight is 422 g/mol. The summed E-state index contributed by atoms with van der Waals surface area (Å²) in [6.45, 7) is 4.07. The maximum Gasteiger partial charge on any atom is 0.255 e. The van der Waals surface area contributed by atoms with E-state index in [1.165, 1.54) is 7.11 Å². The Morgan fingerprint density at radius 3 is 2.45 bits per heavy atom. The first kappa shape index (κ1) is 21.9. The molecule has 2 amide bonds. The van der Waals surface area contributed by atoms with Crippen LogP contribution in [0.4, 0.5) is 0 Å². The van der Waals surface area contributed by atoms with E-state index in [0.29, 0.717) is 23.6 Å². The van der Waals surface area contributed by atoms with Crippen molar-refractivity contribution in [2.24, 2.45) is 5.73 Å². The monoisotopic (exact) mass is 422 g/mol. The summed E-state index contributed by atoms with van der Waals surface area (Å²) in [6, 6.07) is 14.7. The van der Waals surface area contributed by atoms with Crippen molar-refractivity contribution in [1.82, 2.24) is 14.7 Å². The van der Waals surface area contributed by atoms with Gasteiger partial charge in [0.15, 0.2) is 18.1 Å². The summed E-state index contributed by atoms with van der Waals surface area (Å²) < 4.78 is 12.5. The van der Waals surface area contributed by atoms with Crippen molar-refractivity contribution in [2.75, 3.05) is 20.8 Å². The van der Waals surface area contributed by atoms with Gasteiger partial charge in [0.1, 0.15) is 0 Å². The minimum atomic E-state index is -0.594. The predicted molar refractivity (Wildman–Crippen MR) is 117 cm³/mol. The van der Waals surface area contributed by atoms with Crippen LogP contribution >= 0.6 is 0 Å². The molecular weight excluding hydrogens is 396 g/mol. The molecule has 0 aliphatic heterocycles. The van der Waals surface area contributed by atoms with Crippen LogP contribution in [0.5, 0.6) is 11.5 Å². The van der Waals surface area contributed by atoms with Crippen molar-refractivity contribution in [3.63, 3.8) is 0 Å². The number of hydrogen-bond donors (Lipinski definition) is 1. The summed E-state index contributed by atoms with van der Waals surface area (Å²) in [5.74, 6) is -0.0733.